The Labute approximate surface area is 165 Å². The molecule has 6 nitrogen and oxygen atoms in total. The van der Waals surface area contributed by atoms with Crippen LogP contribution >= 0.6 is 24.8 Å². The Morgan fingerprint density at radius 1 is 1.08 bits per heavy atom. The van der Waals surface area contributed by atoms with Crippen molar-refractivity contribution in [1.29, 1.82) is 0 Å². The zero-order chi connectivity index (χ0) is 16.8. The van der Waals surface area contributed by atoms with Gasteiger partial charge in [-0.05, 0) is 49.7 Å². The number of carbonyl (C=O) groups excluding carboxylic acids is 2. The van der Waals surface area contributed by atoms with Crippen LogP contribution in [0.5, 0.6) is 0 Å². The fraction of sp³-hybridized carbons (Fsp3) is 0.278. The summed E-state index contributed by atoms with van der Waals surface area (Å²) in [5.74, 6) is -0.377. The first-order valence-corrected chi connectivity index (χ1v) is 8.05. The molecular formula is C18H22Cl2N4O2. The predicted octanol–water partition coefficient (Wildman–Crippen LogP) is 2.66. The van der Waals surface area contributed by atoms with E-state index >= 15 is 0 Å². The highest BCUT2D eigenvalue weighted by Gasteiger charge is 2.16. The number of rotatable bonds is 4. The Morgan fingerprint density at radius 2 is 1.88 bits per heavy atom. The third-order valence-electron chi connectivity index (χ3n) is 3.94. The molecule has 0 saturated carbocycles. The number of piperidine rings is 1. The van der Waals surface area contributed by atoms with Gasteiger partial charge in [0, 0.05) is 36.2 Å². The first kappa shape index (κ1) is 21.9. The van der Waals surface area contributed by atoms with Crippen LogP contribution in [0.4, 0.5) is 5.69 Å². The van der Waals surface area contributed by atoms with Crippen LogP contribution in [0.15, 0.2) is 48.8 Å². The van der Waals surface area contributed by atoms with E-state index in [1.54, 1.807) is 42.6 Å². The van der Waals surface area contributed by atoms with E-state index in [4.69, 9.17) is 0 Å². The standard InChI is InChI=1S/C18H20N4O2.2ClH/c23-17(22-16-7-3-9-20-12-16)13-4-1-6-15(10-13)21-18(24)14-5-2-8-19-11-14;;/h1-2,4-6,8,10-11,16,20H,3,7,9,12H2,(H,21,24)(H,22,23);2*1H/t16-;;/m0../s1. The number of pyridine rings is 1. The van der Waals surface area contributed by atoms with Crippen molar-refractivity contribution in [2.75, 3.05) is 18.4 Å². The maximum absolute atomic E-state index is 12.4. The number of benzene rings is 1. The number of anilines is 1. The van der Waals surface area contributed by atoms with Gasteiger partial charge in [0.1, 0.15) is 0 Å². The van der Waals surface area contributed by atoms with E-state index in [2.05, 4.69) is 20.9 Å². The molecule has 1 aliphatic heterocycles. The third-order valence-corrected chi connectivity index (χ3v) is 3.94. The smallest absolute Gasteiger partial charge is 0.257 e. The van der Waals surface area contributed by atoms with Crippen LogP contribution in [0, 0.1) is 0 Å². The van der Waals surface area contributed by atoms with Gasteiger partial charge in [-0.25, -0.2) is 0 Å². The summed E-state index contributed by atoms with van der Waals surface area (Å²) < 4.78 is 0. The van der Waals surface area contributed by atoms with Gasteiger partial charge in [-0.15, -0.1) is 24.8 Å². The zero-order valence-corrected chi connectivity index (χ0v) is 15.7. The molecule has 2 amide bonds. The molecule has 140 valence electrons. The summed E-state index contributed by atoms with van der Waals surface area (Å²) in [4.78, 5) is 28.4. The average Bonchev–Trinajstić information content (AvgIpc) is 2.63. The molecule has 1 saturated heterocycles. The normalized spacial score (nSPS) is 15.8. The summed E-state index contributed by atoms with van der Waals surface area (Å²) in [5.41, 5.74) is 1.59. The first-order valence-electron chi connectivity index (χ1n) is 8.05. The molecule has 0 bridgehead atoms. The van der Waals surface area contributed by atoms with Crippen LogP contribution in [-0.4, -0.2) is 35.9 Å². The molecule has 1 aliphatic rings. The van der Waals surface area contributed by atoms with Crippen molar-refractivity contribution >= 4 is 42.3 Å². The summed E-state index contributed by atoms with van der Waals surface area (Å²) in [5, 5.41) is 9.08. The molecule has 0 spiro atoms. The zero-order valence-electron chi connectivity index (χ0n) is 14.1. The minimum atomic E-state index is -0.253. The minimum Gasteiger partial charge on any atom is -0.348 e. The number of hydrogen-bond acceptors (Lipinski definition) is 4. The fourth-order valence-electron chi connectivity index (χ4n) is 2.68. The number of nitrogens with zero attached hydrogens (tertiary/aromatic N) is 1. The van der Waals surface area contributed by atoms with Crippen LogP contribution in [0.25, 0.3) is 0 Å². The Morgan fingerprint density at radius 3 is 2.58 bits per heavy atom. The molecule has 8 heteroatoms. The van der Waals surface area contributed by atoms with E-state index in [-0.39, 0.29) is 42.7 Å². The third kappa shape index (κ3) is 5.98. The lowest BCUT2D eigenvalue weighted by molar-refractivity contribution is 0.0929. The number of amides is 2. The second-order valence-electron chi connectivity index (χ2n) is 5.79. The molecule has 3 N–H and O–H groups in total. The molecule has 0 unspecified atom stereocenters. The van der Waals surface area contributed by atoms with Gasteiger partial charge >= 0.3 is 0 Å². The maximum atomic E-state index is 12.4. The minimum absolute atomic E-state index is 0. The topological polar surface area (TPSA) is 83.1 Å². The van der Waals surface area contributed by atoms with Crippen LogP contribution < -0.4 is 16.0 Å². The van der Waals surface area contributed by atoms with Crippen LogP contribution in [-0.2, 0) is 0 Å². The van der Waals surface area contributed by atoms with Crippen molar-refractivity contribution < 1.29 is 9.59 Å². The van der Waals surface area contributed by atoms with E-state index in [0.717, 1.165) is 25.9 Å². The highest BCUT2D eigenvalue weighted by molar-refractivity contribution is 6.04. The van der Waals surface area contributed by atoms with E-state index in [1.165, 1.54) is 6.20 Å². The molecule has 2 heterocycles. The maximum Gasteiger partial charge on any atom is 0.257 e. The predicted molar refractivity (Wildman–Crippen MR) is 106 cm³/mol. The van der Waals surface area contributed by atoms with Gasteiger partial charge in [-0.1, -0.05) is 6.07 Å². The van der Waals surface area contributed by atoms with Gasteiger partial charge in [0.25, 0.3) is 11.8 Å². The summed E-state index contributed by atoms with van der Waals surface area (Å²) in [6.45, 7) is 1.80. The Balaban J connectivity index is 0.00000169. The van der Waals surface area contributed by atoms with E-state index in [0.29, 0.717) is 16.8 Å². The Hall–Kier alpha value is -2.15. The number of nitrogens with one attached hydrogen (secondary N) is 3. The number of halogens is 2. The Bertz CT molecular complexity index is 722. The lowest BCUT2D eigenvalue weighted by Gasteiger charge is -2.23. The number of aromatic nitrogens is 1. The summed E-state index contributed by atoms with van der Waals surface area (Å²) in [7, 11) is 0. The summed E-state index contributed by atoms with van der Waals surface area (Å²) in [6.07, 6.45) is 5.16. The number of carbonyl (C=O) groups is 2. The molecule has 3 rings (SSSR count). The summed E-state index contributed by atoms with van der Waals surface area (Å²) >= 11 is 0. The number of hydrogen-bond donors (Lipinski definition) is 3. The molecule has 26 heavy (non-hydrogen) atoms. The van der Waals surface area contributed by atoms with E-state index in [9.17, 15) is 9.59 Å². The summed E-state index contributed by atoms with van der Waals surface area (Å²) in [6, 6.07) is 10.5. The van der Waals surface area contributed by atoms with Crippen LogP contribution in [0.3, 0.4) is 0 Å². The molecule has 1 fully saturated rings. The van der Waals surface area contributed by atoms with Crippen molar-refractivity contribution in [2.45, 2.75) is 18.9 Å². The largest absolute Gasteiger partial charge is 0.348 e. The van der Waals surface area contributed by atoms with Gasteiger partial charge in [0.15, 0.2) is 0 Å². The molecule has 2 aromatic rings. The van der Waals surface area contributed by atoms with Crippen molar-refractivity contribution in [3.8, 4) is 0 Å². The van der Waals surface area contributed by atoms with Gasteiger partial charge in [-0.3, -0.25) is 14.6 Å². The lowest BCUT2D eigenvalue weighted by atomic mass is 10.1. The molecule has 1 aromatic carbocycles. The fourth-order valence-corrected chi connectivity index (χ4v) is 2.68. The van der Waals surface area contributed by atoms with Crippen LogP contribution in [0.2, 0.25) is 0 Å². The molecule has 1 atom stereocenters. The highest BCUT2D eigenvalue weighted by atomic mass is 35.5. The van der Waals surface area contributed by atoms with E-state index < -0.39 is 0 Å². The lowest BCUT2D eigenvalue weighted by Crippen LogP contribution is -2.45. The second kappa shape index (κ2) is 10.8. The monoisotopic (exact) mass is 396 g/mol. The average molecular weight is 397 g/mol. The van der Waals surface area contributed by atoms with E-state index in [1.807, 2.05) is 0 Å². The molecule has 0 radical (unpaired) electrons. The van der Waals surface area contributed by atoms with Gasteiger partial charge in [-0.2, -0.15) is 0 Å². The first-order chi connectivity index (χ1) is 11.7. The second-order valence-corrected chi connectivity index (χ2v) is 5.79. The molecular weight excluding hydrogens is 375 g/mol. The quantitative estimate of drug-likeness (QED) is 0.741. The molecule has 0 aliphatic carbocycles. The van der Waals surface area contributed by atoms with Gasteiger partial charge in [0.2, 0.25) is 0 Å². The van der Waals surface area contributed by atoms with Crippen molar-refractivity contribution in [3.05, 3.63) is 59.9 Å². The Kier molecular flexibility index (Phi) is 9.05. The van der Waals surface area contributed by atoms with Crippen molar-refractivity contribution in [1.82, 2.24) is 15.6 Å². The van der Waals surface area contributed by atoms with Crippen LogP contribution in [0.1, 0.15) is 33.6 Å². The van der Waals surface area contributed by atoms with Gasteiger partial charge in [0.05, 0.1) is 5.56 Å². The SMILES string of the molecule is Cl.Cl.O=C(Nc1cccc(C(=O)N[C@H]2CCCNC2)c1)c1cccnc1. The molecule has 1 aromatic heterocycles. The van der Waals surface area contributed by atoms with Crippen molar-refractivity contribution in [2.24, 2.45) is 0 Å². The van der Waals surface area contributed by atoms with Gasteiger partial charge < -0.3 is 16.0 Å². The van der Waals surface area contributed by atoms with Crippen molar-refractivity contribution in [3.63, 3.8) is 0 Å². The highest BCUT2D eigenvalue weighted by Crippen LogP contribution is 2.13.